The van der Waals surface area contributed by atoms with Gasteiger partial charge in [-0.2, -0.15) is 0 Å². The van der Waals surface area contributed by atoms with Gasteiger partial charge in [-0.1, -0.05) is 0 Å². The molecule has 0 rings (SSSR count). The minimum Gasteiger partial charge on any atom is 0.000000143 e. The molecule has 0 atom stereocenters. The SMILES string of the molecule is BB(B)B(B)B(B(B(B)B)B(B)B)B(B(B(B(B)B)B(B)B)B(B(B)B)B(B)B)B(B(B(B(B)B)B(B)B)B(B(B)B)B(B)B)B(B(B(B(B(B)B)B(B)B)B(B(B)B)B(B)B)B(B(B(B)B)B(B)B)B(B(B)B)B(B)B)B(B(B(B(B)B)B(B)B)B(B(B)B)B(B)B)B(B(B(B)B)B(B)B)B(B(B)B)B(B)B. The number of hydrogen-bond acceptors (Lipinski definition) is 0. The molecule has 0 aromatic heterocycles. The Morgan fingerprint density at radius 1 is 0.0556 bits per heavy atom. The van der Waals surface area contributed by atoms with Gasteiger partial charge in [-0.05, 0) is 0 Å². The molecule has 434 valence electrons. The fraction of sp³-hybridized carbons (Fsp3) is 0. The van der Waals surface area contributed by atoms with E-state index < -0.39 is 0 Å². The molecule has 0 spiro atoms. The van der Waals surface area contributed by atoms with Crippen LogP contribution in [0, 0.1) is 0 Å². The highest BCUT2D eigenvalue weighted by Crippen LogP contribution is 2.31. The molecular weight excluding hydrogens is 1170 g/mol. The van der Waals surface area contributed by atoms with E-state index in [0.717, 1.165) is 0 Å². The van der Waals surface area contributed by atoms with E-state index in [1.165, 1.54) is 0 Å². The third-order valence-corrected chi connectivity index (χ3v) is 32.3. The normalized spacial score (nSPS) is 9.85. The summed E-state index contributed by atoms with van der Waals surface area (Å²) in [5.74, 6) is 0. The van der Waals surface area contributed by atoms with Gasteiger partial charge < -0.3 is 0 Å². The van der Waals surface area contributed by atoms with Crippen molar-refractivity contribution in [3.05, 3.63) is 0 Å². The smallest absolute Gasteiger partial charge is 0.000000143 e. The highest BCUT2D eigenvalue weighted by Gasteiger charge is 2.70. The average Bonchev–Trinajstić information content (AvgIpc) is 0.705. The van der Waals surface area contributed by atoms with E-state index in [4.69, 9.17) is 0 Å². The maximum atomic E-state index is 2.94. The maximum Gasteiger partial charge on any atom is 0.0552 e. The third kappa shape index (κ3) is 30.7. The van der Waals surface area contributed by atoms with Crippen molar-refractivity contribution >= 4 is 764 Å². The molecule has 0 aliphatic carbocycles. The second-order valence-corrected chi connectivity index (χ2v) is 48.9. The molecule has 0 aliphatic rings. The predicted octanol–water partition coefficient (Wildman–Crippen LogP) is -70.6. The molecule has 0 heterocycles. The average molecular weight is 1280 g/mol. The van der Waals surface area contributed by atoms with E-state index in [0.29, 0.717) is 338 Å². The summed E-state index contributed by atoms with van der Waals surface area (Å²) in [4.78, 5) is 0. The Balaban J connectivity index is 15.4. The lowest BCUT2D eigenvalue weighted by Gasteiger charge is -2.63. The van der Waals surface area contributed by atoms with Crippen LogP contribution in [-0.2, 0) is 0 Å². The maximum absolute atomic E-state index is 2.94. The summed E-state index contributed by atoms with van der Waals surface area (Å²) in [6.07, 6.45) is 26.6. The Kier molecular flexibility index (Phi) is 56.3. The molecule has 108 heteroatoms. The molecular formula is H110B108. The van der Waals surface area contributed by atoms with E-state index in [-0.39, 0.29) is 0 Å². The Bertz CT molecular complexity index is 1870. The summed E-state index contributed by atoms with van der Waals surface area (Å²) in [6.45, 7) is 0. The standard InChI is InChI=1S/B108H110/c1-56(2)83(55)97(84(57(3)4)58(5)6)104(98(85(59(7)8)60(9)10)86(61(11)12)62(13)14)107(103(95(79(47)48)80(49)50)96(81(51)52)82(53)54)108(105(99(87(63(15)16)64(17)18)88(65(19)20)66(21)22)100(89(67(23)24)68(25)26)90(69(27)28)70(29)30)106(101(91(71(31)32)72(33)34)92(73(35)36)74(37)38)102(93(75(39)40)76(41)42)94(77(43)44)78(45)46/h1-55H2. The molecule has 0 radical (unpaired) electrons. The highest BCUT2D eigenvalue weighted by atomic mass is 13.5. The van der Waals surface area contributed by atoms with Gasteiger partial charge in [0.25, 0.3) is 0 Å². The largest absolute Gasteiger partial charge is 0.0552 e. The van der Waals surface area contributed by atoms with E-state index >= 15 is 0 Å². The topological polar surface area (TPSA) is 0 Å². The quantitative estimate of drug-likeness (QED) is 0.0533. The van der Waals surface area contributed by atoms with Crippen molar-refractivity contribution in [2.75, 3.05) is 0 Å². The molecule has 0 nitrogen and oxygen atoms in total. The van der Waals surface area contributed by atoms with Crippen molar-refractivity contribution < 1.29 is 0 Å². The van der Waals surface area contributed by atoms with Crippen LogP contribution in [0.15, 0.2) is 0 Å². The molecule has 0 bridgehead atoms. The molecule has 0 aliphatic heterocycles. The Morgan fingerprint density at radius 3 is 0.176 bits per heavy atom. The van der Waals surface area contributed by atoms with Crippen LogP contribution in [0.4, 0.5) is 0 Å². The Labute approximate surface area is 755 Å². The highest BCUT2D eigenvalue weighted by molar-refractivity contribution is 8.45. The summed E-state index contributed by atoms with van der Waals surface area (Å²) in [5, 5.41) is 0. The van der Waals surface area contributed by atoms with Crippen molar-refractivity contribution in [2.45, 2.75) is 0 Å². The zero-order chi connectivity index (χ0) is 85.6. The van der Waals surface area contributed by atoms with Crippen LogP contribution in [-0.4, -0.2) is 764 Å². The first-order valence-corrected chi connectivity index (χ1v) is 49.1. The summed E-state index contributed by atoms with van der Waals surface area (Å²) in [5.41, 5.74) is 0. The zero-order valence-corrected chi connectivity index (χ0v) is 85.6. The second kappa shape index (κ2) is 52.8. The van der Waals surface area contributed by atoms with Crippen molar-refractivity contribution in [2.24, 2.45) is 0 Å². The van der Waals surface area contributed by atoms with Crippen molar-refractivity contribution in [1.82, 2.24) is 0 Å². The molecule has 0 unspecified atom stereocenters. The first kappa shape index (κ1) is 115. The lowest BCUT2D eigenvalue weighted by atomic mass is 8.18. The lowest BCUT2D eigenvalue weighted by molar-refractivity contribution is 3.12. The van der Waals surface area contributed by atoms with Crippen molar-refractivity contribution in [1.29, 1.82) is 0 Å². The summed E-state index contributed by atoms with van der Waals surface area (Å²) in [7, 11) is 154. The monoisotopic (exact) mass is 1300 g/mol. The van der Waals surface area contributed by atoms with E-state index in [1.54, 1.807) is 0 Å². The van der Waals surface area contributed by atoms with Gasteiger partial charge in [-0.15, -0.1) is 0 Å². The molecule has 0 aromatic carbocycles. The molecule has 0 N–H and O–H groups in total. The van der Waals surface area contributed by atoms with E-state index in [1.807, 2.05) is 0 Å². The first-order valence-electron chi connectivity index (χ1n) is 49.1. The van der Waals surface area contributed by atoms with Crippen LogP contribution in [0.25, 0.3) is 0 Å². The van der Waals surface area contributed by atoms with Gasteiger partial charge >= 0.3 is 0 Å². The number of hydrogen-bond donors (Lipinski definition) is 0. The van der Waals surface area contributed by atoms with Gasteiger partial charge in [0, 0.05) is 338 Å². The van der Waals surface area contributed by atoms with Crippen LogP contribution in [0.1, 0.15) is 0 Å². The van der Waals surface area contributed by atoms with Crippen LogP contribution in [0.3, 0.4) is 0 Å². The first-order chi connectivity index (χ1) is 49.1. The molecule has 0 fully saturated rings. The van der Waals surface area contributed by atoms with Gasteiger partial charge in [0.2, 0.25) is 0 Å². The Hall–Kier alpha value is 7.01. The summed E-state index contributed by atoms with van der Waals surface area (Å²) >= 11 is 0. The minimum absolute atomic E-state index is 0.384. The summed E-state index contributed by atoms with van der Waals surface area (Å²) in [6, 6.07) is 0. The van der Waals surface area contributed by atoms with E-state index in [9.17, 15) is 0 Å². The van der Waals surface area contributed by atoms with Gasteiger partial charge in [0.05, 0.1) is 426 Å². The Morgan fingerprint density at radius 2 is 0.111 bits per heavy atom. The van der Waals surface area contributed by atoms with E-state index in [2.05, 4.69) is 426 Å². The van der Waals surface area contributed by atoms with Gasteiger partial charge in [-0.25, -0.2) is 0 Å². The molecule has 0 amide bonds. The fourth-order valence-corrected chi connectivity index (χ4v) is 31.4. The molecule has 0 aromatic rings. The minimum atomic E-state index is 0.384. The summed E-state index contributed by atoms with van der Waals surface area (Å²) < 4.78 is 0. The van der Waals surface area contributed by atoms with Crippen LogP contribution >= 0.6 is 0 Å². The third-order valence-electron chi connectivity index (χ3n) is 32.3. The molecule has 0 saturated carbocycles. The van der Waals surface area contributed by atoms with Crippen LogP contribution < -0.4 is 0 Å². The van der Waals surface area contributed by atoms with Gasteiger partial charge in [-0.3, -0.25) is 0 Å². The van der Waals surface area contributed by atoms with Crippen LogP contribution in [0.5, 0.6) is 0 Å². The zero-order valence-electron chi connectivity index (χ0n) is 85.6. The second-order valence-electron chi connectivity index (χ2n) is 48.9. The fourth-order valence-electron chi connectivity index (χ4n) is 31.4. The number of rotatable bonds is 52. The predicted molar refractivity (Wildman–Crippen MR) is 775 cm³/mol. The molecule has 108 heavy (non-hydrogen) atoms. The van der Waals surface area contributed by atoms with Crippen molar-refractivity contribution in [3.8, 4) is 0 Å². The van der Waals surface area contributed by atoms with Crippen LogP contribution in [0.2, 0.25) is 0 Å². The van der Waals surface area contributed by atoms with Gasteiger partial charge in [0.15, 0.2) is 0 Å². The van der Waals surface area contributed by atoms with Crippen molar-refractivity contribution in [3.63, 3.8) is 0 Å². The van der Waals surface area contributed by atoms with Gasteiger partial charge in [0.1, 0.15) is 0 Å². The molecule has 0 saturated heterocycles. The lowest BCUT2D eigenvalue weighted by Crippen LogP contribution is -3.02.